The highest BCUT2D eigenvalue weighted by atomic mass is 16.5. The van der Waals surface area contributed by atoms with Crippen LogP contribution in [0.1, 0.15) is 47.0 Å². The maximum atomic E-state index is 12.1. The van der Waals surface area contributed by atoms with Gasteiger partial charge in [-0.2, -0.15) is 0 Å². The predicted molar refractivity (Wildman–Crippen MR) is 72.4 cm³/mol. The predicted octanol–water partition coefficient (Wildman–Crippen LogP) is 2.79. The first-order chi connectivity index (χ1) is 8.21. The fourth-order valence-electron chi connectivity index (χ4n) is 2.09. The van der Waals surface area contributed by atoms with E-state index in [1.807, 2.05) is 26.8 Å². The van der Waals surface area contributed by atoms with Crippen LogP contribution in [-0.4, -0.2) is 28.2 Å². The van der Waals surface area contributed by atoms with Crippen molar-refractivity contribution in [2.45, 2.75) is 64.3 Å². The molecule has 0 bridgehead atoms. The number of ether oxygens (including phenoxy) is 1. The molecule has 0 radical (unpaired) electrons. The first kappa shape index (κ1) is 15.1. The number of aliphatic hydroxyl groups is 1. The van der Waals surface area contributed by atoms with Crippen LogP contribution < -0.4 is 0 Å². The van der Waals surface area contributed by atoms with Crippen molar-refractivity contribution in [2.75, 3.05) is 0 Å². The Labute approximate surface area is 110 Å². The van der Waals surface area contributed by atoms with Gasteiger partial charge in [0.15, 0.2) is 5.78 Å². The van der Waals surface area contributed by atoms with E-state index in [1.165, 1.54) is 0 Å². The molecule has 0 aromatic carbocycles. The third kappa shape index (κ3) is 3.30. The number of Topliss-reactive ketones (excluding diaryl/α,β-unsaturated/α-hetero) is 1. The Kier molecular flexibility index (Phi) is 4.51. The molecule has 0 amide bonds. The first-order valence-corrected chi connectivity index (χ1v) is 6.42. The van der Waals surface area contributed by atoms with E-state index in [2.05, 4.69) is 6.58 Å². The summed E-state index contributed by atoms with van der Waals surface area (Å²) in [4.78, 5) is 12.1. The van der Waals surface area contributed by atoms with Gasteiger partial charge in [0.25, 0.3) is 0 Å². The fraction of sp³-hybridized carbons (Fsp3) is 0.667. The molecule has 102 valence electrons. The number of hydrogen-bond acceptors (Lipinski definition) is 3. The smallest absolute Gasteiger partial charge is 0.170 e. The lowest BCUT2D eigenvalue weighted by molar-refractivity contribution is -0.154. The van der Waals surface area contributed by atoms with Crippen molar-refractivity contribution in [1.29, 1.82) is 0 Å². The lowest BCUT2D eigenvalue weighted by atomic mass is 9.89. The van der Waals surface area contributed by atoms with Gasteiger partial charge in [0.2, 0.25) is 0 Å². The average Bonchev–Trinajstić information content (AvgIpc) is 2.70. The van der Waals surface area contributed by atoms with E-state index in [1.54, 1.807) is 13.0 Å². The summed E-state index contributed by atoms with van der Waals surface area (Å²) in [5.41, 5.74) is -0.777. The Bertz CT molecular complexity index is 364. The molecular formula is C15H24O3. The third-order valence-corrected chi connectivity index (χ3v) is 3.63. The van der Waals surface area contributed by atoms with Crippen LogP contribution in [0.5, 0.6) is 0 Å². The lowest BCUT2D eigenvalue weighted by Crippen LogP contribution is -2.47. The van der Waals surface area contributed by atoms with Crippen molar-refractivity contribution in [3.05, 3.63) is 24.3 Å². The van der Waals surface area contributed by atoms with Gasteiger partial charge < -0.3 is 9.84 Å². The standard InChI is InChI=1S/C15H24O3/c1-6-14(4)10-9-13(18-14)15(5,17)12(16)8-7-11(2)3/h6-7,13,17H,1,8-10H2,2-5H3/t13-,14-,15+/m0/s1. The van der Waals surface area contributed by atoms with E-state index < -0.39 is 17.3 Å². The van der Waals surface area contributed by atoms with Gasteiger partial charge in [0, 0.05) is 6.42 Å². The second kappa shape index (κ2) is 5.37. The van der Waals surface area contributed by atoms with E-state index >= 15 is 0 Å². The fourth-order valence-corrected chi connectivity index (χ4v) is 2.09. The summed E-state index contributed by atoms with van der Waals surface area (Å²) >= 11 is 0. The normalized spacial score (nSPS) is 30.6. The van der Waals surface area contributed by atoms with Gasteiger partial charge in [0.05, 0.1) is 11.7 Å². The van der Waals surface area contributed by atoms with E-state index in [9.17, 15) is 9.90 Å². The summed E-state index contributed by atoms with van der Waals surface area (Å²) in [6.45, 7) is 11.1. The zero-order valence-electron chi connectivity index (χ0n) is 11.8. The van der Waals surface area contributed by atoms with Crippen LogP contribution in [0, 0.1) is 0 Å². The summed E-state index contributed by atoms with van der Waals surface area (Å²) in [5, 5.41) is 10.4. The molecule has 1 aliphatic rings. The molecule has 18 heavy (non-hydrogen) atoms. The number of allylic oxidation sites excluding steroid dienone is 2. The number of rotatable bonds is 5. The zero-order chi connectivity index (χ0) is 14.0. The molecule has 3 heteroatoms. The van der Waals surface area contributed by atoms with Crippen LogP contribution >= 0.6 is 0 Å². The molecule has 0 aromatic rings. The molecule has 1 heterocycles. The minimum atomic E-state index is -1.42. The Morgan fingerprint density at radius 3 is 2.67 bits per heavy atom. The first-order valence-electron chi connectivity index (χ1n) is 6.42. The number of ketones is 1. The molecule has 3 atom stereocenters. The molecule has 0 unspecified atom stereocenters. The molecule has 1 rings (SSSR count). The summed E-state index contributed by atoms with van der Waals surface area (Å²) in [7, 11) is 0. The van der Waals surface area contributed by atoms with Crippen molar-refractivity contribution in [1.82, 2.24) is 0 Å². The highest BCUT2D eigenvalue weighted by Crippen LogP contribution is 2.36. The monoisotopic (exact) mass is 252 g/mol. The molecule has 1 fully saturated rings. The average molecular weight is 252 g/mol. The van der Waals surface area contributed by atoms with Gasteiger partial charge >= 0.3 is 0 Å². The second-order valence-corrected chi connectivity index (χ2v) is 5.72. The van der Waals surface area contributed by atoms with Crippen molar-refractivity contribution in [3.8, 4) is 0 Å². The minimum absolute atomic E-state index is 0.193. The van der Waals surface area contributed by atoms with Crippen molar-refractivity contribution >= 4 is 5.78 Å². The van der Waals surface area contributed by atoms with Gasteiger partial charge in [0.1, 0.15) is 5.60 Å². The van der Waals surface area contributed by atoms with E-state index in [-0.39, 0.29) is 12.2 Å². The molecule has 0 saturated carbocycles. The largest absolute Gasteiger partial charge is 0.380 e. The van der Waals surface area contributed by atoms with Crippen LogP contribution in [0.3, 0.4) is 0 Å². The minimum Gasteiger partial charge on any atom is -0.380 e. The Morgan fingerprint density at radius 2 is 2.22 bits per heavy atom. The highest BCUT2D eigenvalue weighted by molar-refractivity contribution is 5.88. The number of carbonyl (C=O) groups is 1. The topological polar surface area (TPSA) is 46.5 Å². The third-order valence-electron chi connectivity index (χ3n) is 3.63. The molecule has 0 aromatic heterocycles. The van der Waals surface area contributed by atoms with Gasteiger partial charge in [-0.05, 0) is 40.5 Å². The summed E-state index contributed by atoms with van der Waals surface area (Å²) in [6, 6.07) is 0. The number of hydrogen-bond donors (Lipinski definition) is 1. The highest BCUT2D eigenvalue weighted by Gasteiger charge is 2.46. The zero-order valence-corrected chi connectivity index (χ0v) is 11.8. The van der Waals surface area contributed by atoms with E-state index in [0.29, 0.717) is 6.42 Å². The quantitative estimate of drug-likeness (QED) is 0.765. The van der Waals surface area contributed by atoms with Gasteiger partial charge in [-0.25, -0.2) is 0 Å². The number of carbonyl (C=O) groups excluding carboxylic acids is 1. The Balaban J connectivity index is 2.73. The molecular weight excluding hydrogens is 228 g/mol. The van der Waals surface area contributed by atoms with Crippen LogP contribution in [-0.2, 0) is 9.53 Å². The lowest BCUT2D eigenvalue weighted by Gasteiger charge is -2.30. The molecule has 0 aliphatic carbocycles. The summed E-state index contributed by atoms with van der Waals surface area (Å²) in [6.07, 6.45) is 4.84. The molecule has 3 nitrogen and oxygen atoms in total. The summed E-state index contributed by atoms with van der Waals surface area (Å²) in [5.74, 6) is -0.193. The Hall–Kier alpha value is -0.930. The van der Waals surface area contributed by atoms with Gasteiger partial charge in [-0.15, -0.1) is 6.58 Å². The van der Waals surface area contributed by atoms with Crippen LogP contribution in [0.25, 0.3) is 0 Å². The van der Waals surface area contributed by atoms with Crippen molar-refractivity contribution in [2.24, 2.45) is 0 Å². The molecule has 1 aliphatic heterocycles. The van der Waals surface area contributed by atoms with Crippen LogP contribution in [0.2, 0.25) is 0 Å². The summed E-state index contributed by atoms with van der Waals surface area (Å²) < 4.78 is 5.78. The van der Waals surface area contributed by atoms with Crippen LogP contribution in [0.4, 0.5) is 0 Å². The van der Waals surface area contributed by atoms with E-state index in [4.69, 9.17) is 4.74 Å². The Morgan fingerprint density at radius 1 is 1.61 bits per heavy atom. The molecule has 0 spiro atoms. The second-order valence-electron chi connectivity index (χ2n) is 5.72. The van der Waals surface area contributed by atoms with E-state index in [0.717, 1.165) is 12.0 Å². The van der Waals surface area contributed by atoms with Crippen LogP contribution in [0.15, 0.2) is 24.3 Å². The van der Waals surface area contributed by atoms with Gasteiger partial charge in [-0.3, -0.25) is 4.79 Å². The maximum Gasteiger partial charge on any atom is 0.170 e. The molecule has 1 saturated heterocycles. The van der Waals surface area contributed by atoms with Crippen molar-refractivity contribution < 1.29 is 14.6 Å². The maximum absolute atomic E-state index is 12.1. The molecule has 1 N–H and O–H groups in total. The van der Waals surface area contributed by atoms with Crippen molar-refractivity contribution in [3.63, 3.8) is 0 Å². The van der Waals surface area contributed by atoms with Gasteiger partial charge in [-0.1, -0.05) is 17.7 Å². The SMILES string of the molecule is C=C[C@@]1(C)CC[C@@H]([C@](C)(O)C(=O)CC=C(C)C)O1.